The van der Waals surface area contributed by atoms with Gasteiger partial charge in [-0.15, -0.1) is 0 Å². The highest BCUT2D eigenvalue weighted by molar-refractivity contribution is 6.00. The van der Waals surface area contributed by atoms with Gasteiger partial charge in [-0.05, 0) is 37.0 Å². The minimum absolute atomic E-state index is 0.198. The van der Waals surface area contributed by atoms with Crippen molar-refractivity contribution in [3.05, 3.63) is 23.8 Å². The van der Waals surface area contributed by atoms with E-state index in [9.17, 15) is 9.90 Å². The molecule has 4 N–H and O–H groups in total. The molecule has 1 aromatic rings. The second-order valence-corrected chi connectivity index (χ2v) is 5.29. The van der Waals surface area contributed by atoms with Crippen LogP contribution in [0.2, 0.25) is 0 Å². The first-order valence-electron chi connectivity index (χ1n) is 6.52. The zero-order valence-electron chi connectivity index (χ0n) is 11.4. The van der Waals surface area contributed by atoms with Gasteiger partial charge in [0, 0.05) is 32.0 Å². The van der Waals surface area contributed by atoms with Gasteiger partial charge >= 0.3 is 0 Å². The molecule has 19 heavy (non-hydrogen) atoms. The number of carbonyl (C=O) groups excluding carboxylic acids is 1. The Balaban J connectivity index is 2.06. The standard InChI is InChI=1S/C14H21N3O2/c1-17(2)12-6-5-10(15)7-11(12)14(19)16-8-13(18)9-3-4-9/h5-7,9,13,18H,3-4,8,15H2,1-2H3,(H,16,19). The summed E-state index contributed by atoms with van der Waals surface area (Å²) in [6.07, 6.45) is 1.67. The smallest absolute Gasteiger partial charge is 0.253 e. The summed E-state index contributed by atoms with van der Waals surface area (Å²) >= 11 is 0. The molecule has 1 aliphatic rings. The zero-order chi connectivity index (χ0) is 14.0. The predicted octanol–water partition coefficient (Wildman–Crippen LogP) is 0.835. The SMILES string of the molecule is CN(C)c1ccc(N)cc1C(=O)NCC(O)C1CC1. The summed E-state index contributed by atoms with van der Waals surface area (Å²) in [5.41, 5.74) is 7.63. The Hall–Kier alpha value is -1.75. The number of anilines is 2. The van der Waals surface area contributed by atoms with Crippen LogP contribution in [0.15, 0.2) is 18.2 Å². The third kappa shape index (κ3) is 3.38. The molecule has 0 aromatic heterocycles. The van der Waals surface area contributed by atoms with Gasteiger partial charge in [-0.2, -0.15) is 0 Å². The average Bonchev–Trinajstić information content (AvgIpc) is 3.19. The Morgan fingerprint density at radius 3 is 2.79 bits per heavy atom. The highest BCUT2D eigenvalue weighted by atomic mass is 16.3. The molecule has 0 saturated heterocycles. The first-order valence-corrected chi connectivity index (χ1v) is 6.52. The maximum atomic E-state index is 12.2. The van der Waals surface area contributed by atoms with Crippen molar-refractivity contribution >= 4 is 17.3 Å². The van der Waals surface area contributed by atoms with Crippen molar-refractivity contribution in [2.24, 2.45) is 5.92 Å². The van der Waals surface area contributed by atoms with Crippen molar-refractivity contribution in [3.8, 4) is 0 Å². The molecule has 0 aliphatic heterocycles. The van der Waals surface area contributed by atoms with Crippen LogP contribution in [-0.4, -0.2) is 37.8 Å². The van der Waals surface area contributed by atoms with E-state index in [1.54, 1.807) is 12.1 Å². The van der Waals surface area contributed by atoms with Crippen molar-refractivity contribution in [2.75, 3.05) is 31.3 Å². The van der Waals surface area contributed by atoms with E-state index in [1.807, 2.05) is 25.1 Å². The topological polar surface area (TPSA) is 78.6 Å². The fraction of sp³-hybridized carbons (Fsp3) is 0.500. The summed E-state index contributed by atoms with van der Waals surface area (Å²) < 4.78 is 0. The van der Waals surface area contributed by atoms with E-state index in [1.165, 1.54) is 0 Å². The number of nitrogens with zero attached hydrogens (tertiary/aromatic N) is 1. The largest absolute Gasteiger partial charge is 0.399 e. The third-order valence-electron chi connectivity index (χ3n) is 3.38. The van der Waals surface area contributed by atoms with E-state index in [2.05, 4.69) is 5.32 Å². The van der Waals surface area contributed by atoms with E-state index in [0.29, 0.717) is 23.7 Å². The lowest BCUT2D eigenvalue weighted by molar-refractivity contribution is 0.0901. The van der Waals surface area contributed by atoms with E-state index in [-0.39, 0.29) is 5.91 Å². The maximum absolute atomic E-state index is 12.2. The molecule has 1 fully saturated rings. The lowest BCUT2D eigenvalue weighted by Crippen LogP contribution is -2.34. The molecule has 2 rings (SSSR count). The van der Waals surface area contributed by atoms with Gasteiger partial charge in [0.25, 0.3) is 5.91 Å². The quantitative estimate of drug-likeness (QED) is 0.688. The number of hydrogen-bond acceptors (Lipinski definition) is 4. The second kappa shape index (κ2) is 5.48. The normalized spacial score (nSPS) is 15.9. The van der Waals surface area contributed by atoms with Crippen LogP contribution in [0.4, 0.5) is 11.4 Å². The third-order valence-corrected chi connectivity index (χ3v) is 3.38. The highest BCUT2D eigenvalue weighted by Gasteiger charge is 2.29. The van der Waals surface area contributed by atoms with Gasteiger partial charge in [-0.3, -0.25) is 4.79 Å². The monoisotopic (exact) mass is 263 g/mol. The first-order chi connectivity index (χ1) is 8.99. The van der Waals surface area contributed by atoms with Crippen LogP contribution < -0.4 is 16.0 Å². The molecule has 0 heterocycles. The first kappa shape index (κ1) is 13.7. The second-order valence-electron chi connectivity index (χ2n) is 5.29. The fourth-order valence-corrected chi connectivity index (χ4v) is 2.07. The van der Waals surface area contributed by atoms with Crippen LogP contribution >= 0.6 is 0 Å². The summed E-state index contributed by atoms with van der Waals surface area (Å²) in [4.78, 5) is 14.0. The molecule has 104 valence electrons. The number of nitrogens with two attached hydrogens (primary N) is 1. The van der Waals surface area contributed by atoms with Crippen LogP contribution in [0.5, 0.6) is 0 Å². The Morgan fingerprint density at radius 2 is 2.21 bits per heavy atom. The fourth-order valence-electron chi connectivity index (χ4n) is 2.07. The maximum Gasteiger partial charge on any atom is 0.253 e. The summed E-state index contributed by atoms with van der Waals surface area (Å²) in [5.74, 6) is 0.158. The number of benzene rings is 1. The summed E-state index contributed by atoms with van der Waals surface area (Å²) in [6, 6.07) is 5.25. The van der Waals surface area contributed by atoms with Gasteiger partial charge in [0.2, 0.25) is 0 Å². The minimum Gasteiger partial charge on any atom is -0.399 e. The molecule has 1 aliphatic carbocycles. The minimum atomic E-state index is -0.437. The number of carbonyl (C=O) groups is 1. The van der Waals surface area contributed by atoms with Crippen LogP contribution in [0.25, 0.3) is 0 Å². The molecule has 0 spiro atoms. The number of nitrogens with one attached hydrogen (secondary N) is 1. The molecule has 0 radical (unpaired) electrons. The van der Waals surface area contributed by atoms with Gasteiger partial charge in [0.1, 0.15) is 0 Å². The number of hydrogen-bond donors (Lipinski definition) is 3. The predicted molar refractivity (Wildman–Crippen MR) is 76.2 cm³/mol. The van der Waals surface area contributed by atoms with E-state index < -0.39 is 6.10 Å². The van der Waals surface area contributed by atoms with E-state index in [4.69, 9.17) is 5.73 Å². The van der Waals surface area contributed by atoms with Crippen LogP contribution in [0, 0.1) is 5.92 Å². The molecule has 1 saturated carbocycles. The van der Waals surface area contributed by atoms with Gasteiger partial charge in [0.05, 0.1) is 11.7 Å². The summed E-state index contributed by atoms with van der Waals surface area (Å²) in [5, 5.41) is 12.5. The van der Waals surface area contributed by atoms with Crippen molar-refractivity contribution in [1.29, 1.82) is 0 Å². The number of rotatable bonds is 5. The van der Waals surface area contributed by atoms with Crippen LogP contribution in [-0.2, 0) is 0 Å². The molecular weight excluding hydrogens is 242 g/mol. The lowest BCUT2D eigenvalue weighted by atomic mass is 10.1. The molecular formula is C14H21N3O2. The van der Waals surface area contributed by atoms with Gasteiger partial charge in [0.15, 0.2) is 0 Å². The van der Waals surface area contributed by atoms with Gasteiger partial charge in [-0.25, -0.2) is 0 Å². The summed E-state index contributed by atoms with van der Waals surface area (Å²) in [6.45, 7) is 0.297. The Morgan fingerprint density at radius 1 is 1.53 bits per heavy atom. The van der Waals surface area contributed by atoms with E-state index in [0.717, 1.165) is 18.5 Å². The number of amides is 1. The molecule has 1 amide bonds. The Bertz CT molecular complexity index is 470. The number of aliphatic hydroxyl groups excluding tert-OH is 1. The van der Waals surface area contributed by atoms with Crippen molar-refractivity contribution in [1.82, 2.24) is 5.32 Å². The average molecular weight is 263 g/mol. The molecule has 5 nitrogen and oxygen atoms in total. The zero-order valence-corrected chi connectivity index (χ0v) is 11.4. The number of aliphatic hydroxyl groups is 1. The highest BCUT2D eigenvalue weighted by Crippen LogP contribution is 2.32. The molecule has 1 aromatic carbocycles. The van der Waals surface area contributed by atoms with E-state index >= 15 is 0 Å². The number of nitrogen functional groups attached to an aromatic ring is 1. The molecule has 1 atom stereocenters. The van der Waals surface area contributed by atoms with Crippen molar-refractivity contribution < 1.29 is 9.90 Å². The van der Waals surface area contributed by atoms with Crippen molar-refractivity contribution in [3.63, 3.8) is 0 Å². The molecule has 0 bridgehead atoms. The van der Waals surface area contributed by atoms with Crippen LogP contribution in [0.1, 0.15) is 23.2 Å². The van der Waals surface area contributed by atoms with Gasteiger partial charge in [-0.1, -0.05) is 0 Å². The molecule has 1 unspecified atom stereocenters. The molecule has 5 heteroatoms. The van der Waals surface area contributed by atoms with Crippen molar-refractivity contribution in [2.45, 2.75) is 18.9 Å². The van der Waals surface area contributed by atoms with Gasteiger partial charge < -0.3 is 21.1 Å². The Labute approximate surface area is 113 Å². The lowest BCUT2D eigenvalue weighted by Gasteiger charge is -2.18. The summed E-state index contributed by atoms with van der Waals surface area (Å²) in [7, 11) is 3.75. The van der Waals surface area contributed by atoms with Crippen LogP contribution in [0.3, 0.4) is 0 Å². The Kier molecular flexibility index (Phi) is 3.95.